The molecule has 0 aromatic heterocycles. The monoisotopic (exact) mass is 383 g/mol. The Morgan fingerprint density at radius 2 is 2.00 bits per heavy atom. The van der Waals surface area contributed by atoms with Crippen LogP contribution in [0.3, 0.4) is 0 Å². The molecule has 7 heteroatoms. The highest BCUT2D eigenvalue weighted by atomic mass is 35.5. The van der Waals surface area contributed by atoms with Crippen LogP contribution in [0.1, 0.15) is 40.0 Å². The van der Waals surface area contributed by atoms with Crippen molar-refractivity contribution in [1.82, 2.24) is 15.5 Å². The van der Waals surface area contributed by atoms with Gasteiger partial charge in [-0.3, -0.25) is 9.69 Å². The number of halogens is 2. The first kappa shape index (κ1) is 23.9. The van der Waals surface area contributed by atoms with E-state index in [1.807, 2.05) is 0 Å². The topological polar surface area (TPSA) is 53.6 Å². The fourth-order valence-electron chi connectivity index (χ4n) is 3.49. The van der Waals surface area contributed by atoms with Crippen molar-refractivity contribution in [2.45, 2.75) is 45.6 Å². The smallest absolute Gasteiger partial charge is 0.220 e. The molecule has 0 aromatic rings. The Hall–Kier alpha value is -0.0700. The number of hydrogen-bond acceptors (Lipinski definition) is 4. The number of nitrogens with one attached hydrogen (secondary N) is 2. The van der Waals surface area contributed by atoms with E-state index in [4.69, 9.17) is 4.74 Å². The Bertz CT molecular complexity index is 358. The molecule has 0 spiro atoms. The molecular weight excluding hydrogens is 349 g/mol. The van der Waals surface area contributed by atoms with E-state index in [9.17, 15) is 4.79 Å². The van der Waals surface area contributed by atoms with E-state index in [0.717, 1.165) is 39.4 Å². The highest BCUT2D eigenvalue weighted by Crippen LogP contribution is 2.22. The predicted octanol–water partition coefficient (Wildman–Crippen LogP) is 2.08. The van der Waals surface area contributed by atoms with Crippen molar-refractivity contribution in [2.24, 2.45) is 11.8 Å². The largest absolute Gasteiger partial charge is 0.379 e. The van der Waals surface area contributed by atoms with Gasteiger partial charge in [0.1, 0.15) is 0 Å². The van der Waals surface area contributed by atoms with E-state index < -0.39 is 0 Å². The first-order valence-corrected chi connectivity index (χ1v) is 8.79. The molecule has 2 heterocycles. The van der Waals surface area contributed by atoms with E-state index in [1.165, 1.54) is 12.8 Å². The fourth-order valence-corrected chi connectivity index (χ4v) is 3.49. The Balaban J connectivity index is 0.00000264. The normalized spacial score (nSPS) is 23.5. The molecule has 0 radical (unpaired) electrons. The molecule has 144 valence electrons. The maximum absolute atomic E-state index is 12.3. The summed E-state index contributed by atoms with van der Waals surface area (Å²) in [5.74, 6) is 1.30. The molecule has 2 saturated heterocycles. The zero-order valence-corrected chi connectivity index (χ0v) is 16.9. The van der Waals surface area contributed by atoms with E-state index in [0.29, 0.717) is 24.8 Å². The summed E-state index contributed by atoms with van der Waals surface area (Å²) in [5, 5.41) is 6.59. The molecule has 0 aliphatic carbocycles. The standard InChI is InChI=1S/C17H33N3O2.2ClH/c1-14(15-5-4-6-18-12-15)11-16(21)19-13-17(2,3)20-7-9-22-10-8-20;;/h14-15,18H,4-13H2,1-3H3,(H,19,21);2*1H. The molecule has 2 unspecified atom stereocenters. The Morgan fingerprint density at radius 3 is 2.58 bits per heavy atom. The minimum Gasteiger partial charge on any atom is -0.379 e. The number of piperidine rings is 1. The van der Waals surface area contributed by atoms with Gasteiger partial charge in [-0.2, -0.15) is 0 Å². The molecule has 2 fully saturated rings. The lowest BCUT2D eigenvalue weighted by molar-refractivity contribution is -0.123. The molecular formula is C17H35Cl2N3O2. The average Bonchev–Trinajstić information content (AvgIpc) is 2.55. The van der Waals surface area contributed by atoms with Crippen LogP contribution in [0.5, 0.6) is 0 Å². The van der Waals surface area contributed by atoms with Crippen LogP contribution < -0.4 is 10.6 Å². The van der Waals surface area contributed by atoms with Crippen molar-refractivity contribution in [2.75, 3.05) is 45.9 Å². The van der Waals surface area contributed by atoms with E-state index in [-0.39, 0.29) is 36.3 Å². The van der Waals surface area contributed by atoms with Crippen LogP contribution in [-0.4, -0.2) is 62.3 Å². The maximum Gasteiger partial charge on any atom is 0.220 e. The SMILES string of the molecule is CC(CC(=O)NCC(C)(C)N1CCOCC1)C1CCCNC1.Cl.Cl. The van der Waals surface area contributed by atoms with Gasteiger partial charge in [0, 0.05) is 31.6 Å². The quantitative estimate of drug-likeness (QED) is 0.736. The highest BCUT2D eigenvalue weighted by molar-refractivity contribution is 5.85. The zero-order valence-electron chi connectivity index (χ0n) is 15.3. The first-order valence-electron chi connectivity index (χ1n) is 8.79. The lowest BCUT2D eigenvalue weighted by Crippen LogP contribution is -2.55. The molecule has 2 N–H and O–H groups in total. The molecule has 2 rings (SSSR count). The Kier molecular flexibility index (Phi) is 11.5. The summed E-state index contributed by atoms with van der Waals surface area (Å²) in [4.78, 5) is 14.7. The molecule has 0 bridgehead atoms. The molecule has 2 atom stereocenters. The molecule has 0 aromatic carbocycles. The molecule has 2 aliphatic rings. The summed E-state index contributed by atoms with van der Waals surface area (Å²) in [6, 6.07) is 0. The Labute approximate surface area is 159 Å². The van der Waals surface area contributed by atoms with Crippen LogP contribution in [0.2, 0.25) is 0 Å². The molecule has 5 nitrogen and oxygen atoms in total. The van der Waals surface area contributed by atoms with Crippen molar-refractivity contribution < 1.29 is 9.53 Å². The van der Waals surface area contributed by atoms with Crippen LogP contribution in [0.15, 0.2) is 0 Å². The first-order chi connectivity index (χ1) is 10.5. The van der Waals surface area contributed by atoms with Gasteiger partial charge in [0.05, 0.1) is 13.2 Å². The van der Waals surface area contributed by atoms with Crippen molar-refractivity contribution in [3.63, 3.8) is 0 Å². The molecule has 0 saturated carbocycles. The summed E-state index contributed by atoms with van der Waals surface area (Å²) in [6.07, 6.45) is 3.13. The van der Waals surface area contributed by atoms with Crippen LogP contribution in [-0.2, 0) is 9.53 Å². The van der Waals surface area contributed by atoms with Gasteiger partial charge in [0.15, 0.2) is 0 Å². The highest BCUT2D eigenvalue weighted by Gasteiger charge is 2.29. The van der Waals surface area contributed by atoms with Gasteiger partial charge in [-0.1, -0.05) is 6.92 Å². The maximum atomic E-state index is 12.3. The van der Waals surface area contributed by atoms with Gasteiger partial charge in [0.25, 0.3) is 0 Å². The summed E-state index contributed by atoms with van der Waals surface area (Å²) in [5.41, 5.74) is -0.00489. The van der Waals surface area contributed by atoms with Crippen LogP contribution >= 0.6 is 24.8 Å². The third kappa shape index (κ3) is 7.44. The van der Waals surface area contributed by atoms with Crippen molar-refractivity contribution in [3.8, 4) is 0 Å². The summed E-state index contributed by atoms with van der Waals surface area (Å²) < 4.78 is 5.41. The number of carbonyl (C=O) groups excluding carboxylic acids is 1. The lowest BCUT2D eigenvalue weighted by Gasteiger charge is -2.41. The summed E-state index contributed by atoms with van der Waals surface area (Å²) in [7, 11) is 0. The van der Waals surface area contributed by atoms with Gasteiger partial charge in [-0.15, -0.1) is 24.8 Å². The second-order valence-electron chi connectivity index (χ2n) is 7.48. The van der Waals surface area contributed by atoms with Crippen LogP contribution in [0.4, 0.5) is 0 Å². The van der Waals surface area contributed by atoms with Gasteiger partial charge in [-0.25, -0.2) is 0 Å². The van der Waals surface area contributed by atoms with Gasteiger partial charge in [0.2, 0.25) is 5.91 Å². The van der Waals surface area contributed by atoms with Gasteiger partial charge >= 0.3 is 0 Å². The number of morpholine rings is 1. The average molecular weight is 384 g/mol. The van der Waals surface area contributed by atoms with E-state index >= 15 is 0 Å². The third-order valence-corrected chi connectivity index (χ3v) is 5.23. The number of amides is 1. The number of hydrogen-bond donors (Lipinski definition) is 2. The predicted molar refractivity (Wildman–Crippen MR) is 103 cm³/mol. The zero-order chi connectivity index (χ0) is 16.0. The molecule has 1 amide bonds. The van der Waals surface area contributed by atoms with Gasteiger partial charge < -0.3 is 15.4 Å². The van der Waals surface area contributed by atoms with Crippen LogP contribution in [0.25, 0.3) is 0 Å². The minimum absolute atomic E-state index is 0. The number of rotatable bonds is 6. The summed E-state index contributed by atoms with van der Waals surface area (Å²) in [6.45, 7) is 13.0. The minimum atomic E-state index is -0.00489. The molecule has 2 aliphatic heterocycles. The number of nitrogens with zero attached hydrogens (tertiary/aromatic N) is 1. The van der Waals surface area contributed by atoms with E-state index in [1.54, 1.807) is 0 Å². The van der Waals surface area contributed by atoms with Gasteiger partial charge in [-0.05, 0) is 51.6 Å². The van der Waals surface area contributed by atoms with Crippen molar-refractivity contribution in [3.05, 3.63) is 0 Å². The Morgan fingerprint density at radius 1 is 1.33 bits per heavy atom. The second kappa shape index (κ2) is 11.5. The van der Waals surface area contributed by atoms with E-state index in [2.05, 4.69) is 36.3 Å². The summed E-state index contributed by atoms with van der Waals surface area (Å²) >= 11 is 0. The third-order valence-electron chi connectivity index (χ3n) is 5.23. The lowest BCUT2D eigenvalue weighted by atomic mass is 9.85. The van der Waals surface area contributed by atoms with Crippen LogP contribution in [0, 0.1) is 11.8 Å². The van der Waals surface area contributed by atoms with Crippen molar-refractivity contribution in [1.29, 1.82) is 0 Å². The number of carbonyl (C=O) groups is 1. The fraction of sp³-hybridized carbons (Fsp3) is 0.941. The molecule has 24 heavy (non-hydrogen) atoms. The van der Waals surface area contributed by atoms with Crippen molar-refractivity contribution >= 4 is 30.7 Å². The number of ether oxygens (including phenoxy) is 1. The second-order valence-corrected chi connectivity index (χ2v) is 7.48.